The first-order chi connectivity index (χ1) is 13.8. The van der Waals surface area contributed by atoms with Gasteiger partial charge < -0.3 is 0 Å². The Balaban J connectivity index is 1.86. The van der Waals surface area contributed by atoms with Crippen LogP contribution in [0.2, 0.25) is 0 Å². The van der Waals surface area contributed by atoms with Crippen molar-refractivity contribution in [3.63, 3.8) is 0 Å². The number of imidazole rings is 1. The second kappa shape index (κ2) is 6.80. The molecular formula is C19H13F4N5O. The lowest BCUT2D eigenvalue weighted by atomic mass is 10.0. The summed E-state index contributed by atoms with van der Waals surface area (Å²) in [4.78, 5) is 16.8. The Morgan fingerprint density at radius 3 is 2.59 bits per heavy atom. The summed E-state index contributed by atoms with van der Waals surface area (Å²) in [5.41, 5.74) is 0.0513. The average molecular weight is 403 g/mol. The van der Waals surface area contributed by atoms with E-state index in [0.717, 1.165) is 12.1 Å². The minimum absolute atomic E-state index is 0.117. The molecule has 3 heterocycles. The first-order valence-corrected chi connectivity index (χ1v) is 8.44. The molecule has 0 unspecified atom stereocenters. The maximum Gasteiger partial charge on any atom is 0.419 e. The van der Waals surface area contributed by atoms with Gasteiger partial charge >= 0.3 is 11.9 Å². The molecular weight excluding hydrogens is 390 g/mol. The van der Waals surface area contributed by atoms with Gasteiger partial charge in [-0.25, -0.2) is 14.2 Å². The lowest BCUT2D eigenvalue weighted by Gasteiger charge is -2.10. The van der Waals surface area contributed by atoms with Crippen LogP contribution in [0.25, 0.3) is 22.3 Å². The SMILES string of the molecule is Cn1c(=O)n(Cc2cccnn2)c2cc(-c3ccc(F)c(C(F)(F)F)c3)cnc21. The summed E-state index contributed by atoms with van der Waals surface area (Å²) in [5.74, 6) is -1.35. The zero-order valence-electron chi connectivity index (χ0n) is 15.0. The van der Waals surface area contributed by atoms with Gasteiger partial charge in [-0.15, -0.1) is 0 Å². The number of aromatic nitrogens is 5. The monoisotopic (exact) mass is 403 g/mol. The average Bonchev–Trinajstić information content (AvgIpc) is 2.93. The van der Waals surface area contributed by atoms with Gasteiger partial charge in [-0.2, -0.15) is 23.4 Å². The van der Waals surface area contributed by atoms with Crippen LogP contribution in [0.4, 0.5) is 17.6 Å². The second-order valence-corrected chi connectivity index (χ2v) is 6.40. The van der Waals surface area contributed by atoms with E-state index in [1.165, 1.54) is 27.6 Å². The number of fused-ring (bicyclic) bond motifs is 1. The third-order valence-electron chi connectivity index (χ3n) is 4.53. The van der Waals surface area contributed by atoms with Crippen LogP contribution in [-0.2, 0) is 19.8 Å². The highest BCUT2D eigenvalue weighted by Crippen LogP contribution is 2.34. The summed E-state index contributed by atoms with van der Waals surface area (Å²) in [6.45, 7) is 0.117. The first-order valence-electron chi connectivity index (χ1n) is 8.44. The number of benzene rings is 1. The van der Waals surface area contributed by atoms with E-state index in [4.69, 9.17) is 0 Å². The Morgan fingerprint density at radius 1 is 1.10 bits per heavy atom. The van der Waals surface area contributed by atoms with E-state index in [1.807, 2.05) is 0 Å². The molecule has 0 atom stereocenters. The van der Waals surface area contributed by atoms with Gasteiger partial charge in [0.05, 0.1) is 23.3 Å². The van der Waals surface area contributed by atoms with Gasteiger partial charge in [-0.1, -0.05) is 6.07 Å². The highest BCUT2D eigenvalue weighted by Gasteiger charge is 2.34. The van der Waals surface area contributed by atoms with Crippen molar-refractivity contribution in [2.75, 3.05) is 0 Å². The van der Waals surface area contributed by atoms with Crippen molar-refractivity contribution in [3.05, 3.63) is 76.4 Å². The number of alkyl halides is 3. The summed E-state index contributed by atoms with van der Waals surface area (Å²) in [6.07, 6.45) is -1.97. The van der Waals surface area contributed by atoms with Crippen LogP contribution in [0.1, 0.15) is 11.3 Å². The number of pyridine rings is 1. The molecule has 0 radical (unpaired) electrons. The molecule has 0 bridgehead atoms. The molecule has 6 nitrogen and oxygen atoms in total. The van der Waals surface area contributed by atoms with E-state index in [2.05, 4.69) is 15.2 Å². The van der Waals surface area contributed by atoms with Crippen molar-refractivity contribution in [1.29, 1.82) is 0 Å². The van der Waals surface area contributed by atoms with E-state index in [1.54, 1.807) is 25.2 Å². The van der Waals surface area contributed by atoms with Gasteiger partial charge in [-0.3, -0.25) is 9.13 Å². The molecule has 0 fully saturated rings. The molecule has 148 valence electrons. The van der Waals surface area contributed by atoms with Crippen molar-refractivity contribution in [2.24, 2.45) is 7.05 Å². The smallest absolute Gasteiger partial charge is 0.284 e. The molecule has 0 N–H and O–H groups in total. The van der Waals surface area contributed by atoms with E-state index < -0.39 is 17.6 Å². The molecule has 3 aromatic heterocycles. The molecule has 0 saturated heterocycles. The van der Waals surface area contributed by atoms with Crippen molar-refractivity contribution in [2.45, 2.75) is 12.7 Å². The third-order valence-corrected chi connectivity index (χ3v) is 4.53. The maximum absolute atomic E-state index is 13.6. The summed E-state index contributed by atoms with van der Waals surface area (Å²) in [6, 6.07) is 7.66. The summed E-state index contributed by atoms with van der Waals surface area (Å²) >= 11 is 0. The van der Waals surface area contributed by atoms with Crippen LogP contribution >= 0.6 is 0 Å². The van der Waals surface area contributed by atoms with E-state index >= 15 is 0 Å². The molecule has 4 rings (SSSR count). The first kappa shape index (κ1) is 18.8. The van der Waals surface area contributed by atoms with Crippen molar-refractivity contribution >= 4 is 11.2 Å². The molecule has 0 saturated carbocycles. The Bertz CT molecular complexity index is 1260. The molecule has 0 amide bonds. The zero-order valence-corrected chi connectivity index (χ0v) is 15.0. The van der Waals surface area contributed by atoms with Crippen molar-refractivity contribution < 1.29 is 17.6 Å². The number of aryl methyl sites for hydroxylation is 1. The van der Waals surface area contributed by atoms with Gasteiger partial charge in [0, 0.05) is 25.0 Å². The molecule has 0 spiro atoms. The van der Waals surface area contributed by atoms with E-state index in [9.17, 15) is 22.4 Å². The Kier molecular flexibility index (Phi) is 4.40. The van der Waals surface area contributed by atoms with Crippen LogP contribution in [0.3, 0.4) is 0 Å². The topological polar surface area (TPSA) is 65.6 Å². The molecule has 10 heteroatoms. The van der Waals surface area contributed by atoms with Crippen molar-refractivity contribution in [3.8, 4) is 11.1 Å². The number of hydrogen-bond donors (Lipinski definition) is 0. The molecule has 0 aliphatic carbocycles. The Labute approximate surface area is 161 Å². The fourth-order valence-corrected chi connectivity index (χ4v) is 3.09. The number of nitrogens with zero attached hydrogens (tertiary/aromatic N) is 5. The van der Waals surface area contributed by atoms with Gasteiger partial charge in [0.25, 0.3) is 0 Å². The van der Waals surface area contributed by atoms with Crippen LogP contribution in [-0.4, -0.2) is 24.3 Å². The third kappa shape index (κ3) is 3.37. The summed E-state index contributed by atoms with van der Waals surface area (Å²) in [5, 5.41) is 7.73. The van der Waals surface area contributed by atoms with Crippen LogP contribution in [0.15, 0.2) is 53.6 Å². The standard InChI is InChI=1S/C19H13F4N5O/c1-27-17-16(28(18(27)29)10-13-3-2-6-25-26-13)8-12(9-24-17)11-4-5-15(20)14(7-11)19(21,22)23/h2-9H,10H2,1H3. The van der Waals surface area contributed by atoms with Gasteiger partial charge in [0.1, 0.15) is 5.82 Å². The Hall–Kier alpha value is -3.56. The summed E-state index contributed by atoms with van der Waals surface area (Å²) in [7, 11) is 1.55. The largest absolute Gasteiger partial charge is 0.419 e. The van der Waals surface area contributed by atoms with Gasteiger partial charge in [0.15, 0.2) is 5.65 Å². The summed E-state index contributed by atoms with van der Waals surface area (Å²) < 4.78 is 55.5. The lowest BCUT2D eigenvalue weighted by molar-refractivity contribution is -0.139. The molecule has 4 aromatic rings. The fourth-order valence-electron chi connectivity index (χ4n) is 3.09. The van der Waals surface area contributed by atoms with E-state index in [-0.39, 0.29) is 17.8 Å². The lowest BCUT2D eigenvalue weighted by Crippen LogP contribution is -2.23. The minimum Gasteiger partial charge on any atom is -0.284 e. The van der Waals surface area contributed by atoms with Gasteiger partial charge in [-0.05, 0) is 35.9 Å². The van der Waals surface area contributed by atoms with Crippen LogP contribution in [0.5, 0.6) is 0 Å². The number of hydrogen-bond acceptors (Lipinski definition) is 4. The number of rotatable bonds is 3. The van der Waals surface area contributed by atoms with Crippen LogP contribution < -0.4 is 5.69 Å². The van der Waals surface area contributed by atoms with Crippen molar-refractivity contribution in [1.82, 2.24) is 24.3 Å². The fraction of sp³-hybridized carbons (Fsp3) is 0.158. The Morgan fingerprint density at radius 2 is 1.90 bits per heavy atom. The highest BCUT2D eigenvalue weighted by molar-refractivity contribution is 5.79. The molecule has 1 aromatic carbocycles. The van der Waals surface area contributed by atoms with Crippen LogP contribution in [0, 0.1) is 5.82 Å². The predicted octanol–water partition coefficient (Wildman–Crippen LogP) is 3.40. The molecule has 29 heavy (non-hydrogen) atoms. The highest BCUT2D eigenvalue weighted by atomic mass is 19.4. The predicted molar refractivity (Wildman–Crippen MR) is 96.5 cm³/mol. The van der Waals surface area contributed by atoms with E-state index in [0.29, 0.717) is 22.4 Å². The number of halogens is 4. The van der Waals surface area contributed by atoms with Gasteiger partial charge in [0.2, 0.25) is 0 Å². The molecule has 0 aliphatic rings. The second-order valence-electron chi connectivity index (χ2n) is 6.40. The minimum atomic E-state index is -4.82. The normalized spacial score (nSPS) is 11.9. The molecule has 0 aliphatic heterocycles. The zero-order chi connectivity index (χ0) is 20.8. The maximum atomic E-state index is 13.6. The quantitative estimate of drug-likeness (QED) is 0.492.